The number of hydrogen-bond donors (Lipinski definition) is 0. The average molecular weight is 265 g/mol. The van der Waals surface area contributed by atoms with E-state index in [9.17, 15) is 4.39 Å². The summed E-state index contributed by atoms with van der Waals surface area (Å²) in [5.41, 5.74) is 3.06. The van der Waals surface area contributed by atoms with Crippen LogP contribution in [0.4, 0.5) is 4.39 Å². The van der Waals surface area contributed by atoms with Gasteiger partial charge < -0.3 is 0 Å². The van der Waals surface area contributed by atoms with Gasteiger partial charge in [0.2, 0.25) is 0 Å². The number of hydrogen-bond acceptors (Lipinski definition) is 0. The minimum Gasteiger partial charge on any atom is -0.206 e. The lowest BCUT2D eigenvalue weighted by Gasteiger charge is -2.06. The van der Waals surface area contributed by atoms with Gasteiger partial charge in [-0.05, 0) is 29.5 Å². The number of allylic oxidation sites excluding steroid dienone is 4. The van der Waals surface area contributed by atoms with Crippen LogP contribution in [0, 0.1) is 0 Å². The number of halogens is 2. The maximum Gasteiger partial charge on any atom is 0.134 e. The fraction of sp³-hybridized carbons (Fsp3) is 0.250. The molecule has 0 aliphatic rings. The second kappa shape index (κ2) is 7.17. The van der Waals surface area contributed by atoms with Gasteiger partial charge in [0.15, 0.2) is 0 Å². The van der Waals surface area contributed by atoms with Crippen LogP contribution in [-0.4, -0.2) is 0 Å². The minimum atomic E-state index is -0.617. The van der Waals surface area contributed by atoms with Gasteiger partial charge in [0.05, 0.1) is 5.03 Å². The maximum atomic E-state index is 13.0. The van der Waals surface area contributed by atoms with Gasteiger partial charge in [-0.3, -0.25) is 0 Å². The molecule has 0 aliphatic carbocycles. The van der Waals surface area contributed by atoms with Crippen LogP contribution in [0.5, 0.6) is 0 Å². The van der Waals surface area contributed by atoms with E-state index in [0.717, 1.165) is 18.4 Å². The molecule has 0 aromatic heterocycles. The molecule has 0 saturated carbocycles. The summed E-state index contributed by atoms with van der Waals surface area (Å²) >= 11 is 5.85. The molecule has 2 heteroatoms. The van der Waals surface area contributed by atoms with E-state index in [1.165, 1.54) is 5.56 Å². The summed E-state index contributed by atoms with van der Waals surface area (Å²) in [6, 6.07) is 8.27. The van der Waals surface area contributed by atoms with Crippen LogP contribution in [0.25, 0.3) is 0 Å². The zero-order chi connectivity index (χ0) is 13.5. The predicted molar refractivity (Wildman–Crippen MR) is 77.5 cm³/mol. The minimum absolute atomic E-state index is 0.0580. The molecule has 0 saturated heterocycles. The molecule has 18 heavy (non-hydrogen) atoms. The SMILES string of the molecule is C=C/C(Cc1ccc(CCC)cc1)=C(/Cl)C(=C)F. The monoisotopic (exact) mass is 264 g/mol. The molecule has 1 rings (SSSR count). The lowest BCUT2D eigenvalue weighted by molar-refractivity contribution is 0.664. The normalized spacial score (nSPS) is 11.9. The first kappa shape index (κ1) is 14.7. The molecule has 0 unspecified atom stereocenters. The van der Waals surface area contributed by atoms with Crippen molar-refractivity contribution in [3.05, 3.63) is 71.1 Å². The Kier molecular flexibility index (Phi) is 5.87. The van der Waals surface area contributed by atoms with Crippen molar-refractivity contribution in [1.82, 2.24) is 0 Å². The van der Waals surface area contributed by atoms with E-state index < -0.39 is 5.83 Å². The summed E-state index contributed by atoms with van der Waals surface area (Å²) < 4.78 is 13.0. The van der Waals surface area contributed by atoms with Crippen molar-refractivity contribution in [3.8, 4) is 0 Å². The van der Waals surface area contributed by atoms with Crippen LogP contribution in [0.3, 0.4) is 0 Å². The van der Waals surface area contributed by atoms with Crippen LogP contribution in [0.2, 0.25) is 0 Å². The highest BCUT2D eigenvalue weighted by Gasteiger charge is 2.06. The Morgan fingerprint density at radius 2 is 1.83 bits per heavy atom. The predicted octanol–water partition coefficient (Wildman–Crippen LogP) is 5.34. The first-order valence-corrected chi connectivity index (χ1v) is 6.40. The highest BCUT2D eigenvalue weighted by atomic mass is 35.5. The van der Waals surface area contributed by atoms with E-state index in [-0.39, 0.29) is 5.03 Å². The van der Waals surface area contributed by atoms with Crippen LogP contribution < -0.4 is 0 Å². The molecular formula is C16H18ClF. The zero-order valence-electron chi connectivity index (χ0n) is 10.7. The standard InChI is InChI=1S/C16H18ClF/c1-4-6-13-7-9-14(10-8-13)11-15(5-2)16(17)12(3)18/h5,7-10H,2-4,6,11H2,1H3/b16-15-. The Balaban J connectivity index is 2.86. The van der Waals surface area contributed by atoms with Gasteiger partial charge in [-0.1, -0.05) is 68.4 Å². The fourth-order valence-corrected chi connectivity index (χ4v) is 1.89. The van der Waals surface area contributed by atoms with E-state index in [1.54, 1.807) is 6.08 Å². The maximum absolute atomic E-state index is 13.0. The van der Waals surface area contributed by atoms with E-state index >= 15 is 0 Å². The molecule has 0 fully saturated rings. The largest absolute Gasteiger partial charge is 0.206 e. The number of aryl methyl sites for hydroxylation is 1. The van der Waals surface area contributed by atoms with Crippen molar-refractivity contribution >= 4 is 11.6 Å². The van der Waals surface area contributed by atoms with Gasteiger partial charge in [0.25, 0.3) is 0 Å². The molecule has 0 spiro atoms. The van der Waals surface area contributed by atoms with Gasteiger partial charge in [0, 0.05) is 0 Å². The first-order chi connectivity index (χ1) is 8.58. The third kappa shape index (κ3) is 4.15. The topological polar surface area (TPSA) is 0 Å². The van der Waals surface area contributed by atoms with Crippen LogP contribution in [0.15, 0.2) is 59.9 Å². The summed E-state index contributed by atoms with van der Waals surface area (Å²) in [6.07, 6.45) is 4.35. The summed E-state index contributed by atoms with van der Waals surface area (Å²) in [7, 11) is 0. The lowest BCUT2D eigenvalue weighted by Crippen LogP contribution is -1.92. The Morgan fingerprint density at radius 1 is 1.28 bits per heavy atom. The molecule has 0 nitrogen and oxygen atoms in total. The summed E-state index contributed by atoms with van der Waals surface area (Å²) in [5.74, 6) is -0.617. The molecule has 0 radical (unpaired) electrons. The Labute approximate surface area is 113 Å². The number of rotatable bonds is 6. The summed E-state index contributed by atoms with van der Waals surface area (Å²) in [4.78, 5) is 0. The van der Waals surface area contributed by atoms with Crippen molar-refractivity contribution < 1.29 is 4.39 Å². The Hall–Kier alpha value is -1.34. The van der Waals surface area contributed by atoms with Gasteiger partial charge in [0.1, 0.15) is 5.83 Å². The van der Waals surface area contributed by atoms with Gasteiger partial charge >= 0.3 is 0 Å². The zero-order valence-corrected chi connectivity index (χ0v) is 11.4. The molecular weight excluding hydrogens is 247 g/mol. The molecule has 0 amide bonds. The molecule has 96 valence electrons. The molecule has 1 aromatic rings. The van der Waals surface area contributed by atoms with Crippen LogP contribution >= 0.6 is 11.6 Å². The second-order valence-corrected chi connectivity index (χ2v) is 4.57. The van der Waals surface area contributed by atoms with Crippen molar-refractivity contribution in [1.29, 1.82) is 0 Å². The molecule has 1 aromatic carbocycles. The van der Waals surface area contributed by atoms with E-state index in [0.29, 0.717) is 12.0 Å². The van der Waals surface area contributed by atoms with E-state index in [1.807, 2.05) is 12.1 Å². The Bertz CT molecular complexity index is 454. The fourth-order valence-electron chi connectivity index (χ4n) is 1.75. The highest BCUT2D eigenvalue weighted by molar-refractivity contribution is 6.32. The lowest BCUT2D eigenvalue weighted by atomic mass is 10.0. The third-order valence-corrected chi connectivity index (χ3v) is 3.17. The van der Waals surface area contributed by atoms with Gasteiger partial charge in [-0.15, -0.1) is 0 Å². The van der Waals surface area contributed by atoms with Crippen LogP contribution in [-0.2, 0) is 12.8 Å². The van der Waals surface area contributed by atoms with Crippen molar-refractivity contribution in [2.45, 2.75) is 26.2 Å². The average Bonchev–Trinajstić information content (AvgIpc) is 2.37. The van der Waals surface area contributed by atoms with Crippen molar-refractivity contribution in [2.75, 3.05) is 0 Å². The van der Waals surface area contributed by atoms with Crippen molar-refractivity contribution in [2.24, 2.45) is 0 Å². The molecule has 0 aliphatic heterocycles. The third-order valence-electron chi connectivity index (χ3n) is 2.72. The highest BCUT2D eigenvalue weighted by Crippen LogP contribution is 2.23. The smallest absolute Gasteiger partial charge is 0.134 e. The molecule has 0 atom stereocenters. The van der Waals surface area contributed by atoms with E-state index in [4.69, 9.17) is 11.6 Å². The molecule has 0 N–H and O–H groups in total. The van der Waals surface area contributed by atoms with Crippen LogP contribution in [0.1, 0.15) is 24.5 Å². The molecule has 0 bridgehead atoms. The second-order valence-electron chi connectivity index (χ2n) is 4.19. The van der Waals surface area contributed by atoms with Crippen molar-refractivity contribution in [3.63, 3.8) is 0 Å². The first-order valence-electron chi connectivity index (χ1n) is 6.02. The summed E-state index contributed by atoms with van der Waals surface area (Å²) in [5, 5.41) is 0.0580. The van der Waals surface area contributed by atoms with Gasteiger partial charge in [-0.2, -0.15) is 0 Å². The molecule has 0 heterocycles. The number of benzene rings is 1. The van der Waals surface area contributed by atoms with Gasteiger partial charge in [-0.25, -0.2) is 4.39 Å². The summed E-state index contributed by atoms with van der Waals surface area (Å²) in [6.45, 7) is 9.01. The van der Waals surface area contributed by atoms with E-state index in [2.05, 4.69) is 32.2 Å². The quantitative estimate of drug-likeness (QED) is 0.608. The Morgan fingerprint density at radius 3 is 2.28 bits per heavy atom.